The third-order valence-corrected chi connectivity index (χ3v) is 3.65. The zero-order valence-corrected chi connectivity index (χ0v) is 11.7. The number of amides is 1. The molecule has 98 valence electrons. The molecule has 5 heteroatoms. The van der Waals surface area contributed by atoms with E-state index in [1.54, 1.807) is 6.07 Å². The molecule has 18 heavy (non-hydrogen) atoms. The molecule has 0 spiro atoms. The highest BCUT2D eigenvalue weighted by atomic mass is 35.5. The van der Waals surface area contributed by atoms with Gasteiger partial charge in [-0.15, -0.1) is 0 Å². The number of carbonyl (C=O) groups excluding carboxylic acids is 1. The Morgan fingerprint density at radius 3 is 2.72 bits per heavy atom. The summed E-state index contributed by atoms with van der Waals surface area (Å²) >= 11 is 11.8. The van der Waals surface area contributed by atoms with Crippen LogP contribution in [0, 0.1) is 0 Å². The molecule has 2 N–H and O–H groups in total. The lowest BCUT2D eigenvalue weighted by molar-refractivity contribution is -0.122. The van der Waals surface area contributed by atoms with Crippen molar-refractivity contribution in [2.45, 2.75) is 38.4 Å². The fraction of sp³-hybridized carbons (Fsp3) is 0.462. The zero-order chi connectivity index (χ0) is 13.1. The summed E-state index contributed by atoms with van der Waals surface area (Å²) < 4.78 is 0. The molecule has 2 rings (SSSR count). The van der Waals surface area contributed by atoms with Crippen molar-refractivity contribution in [1.82, 2.24) is 10.6 Å². The minimum atomic E-state index is -0.208. The molecule has 1 atom stereocenters. The Labute approximate surface area is 117 Å². The first-order chi connectivity index (χ1) is 8.56. The van der Waals surface area contributed by atoms with Gasteiger partial charge in [-0.2, -0.15) is 0 Å². The van der Waals surface area contributed by atoms with Crippen LogP contribution in [0.4, 0.5) is 0 Å². The summed E-state index contributed by atoms with van der Waals surface area (Å²) in [5.74, 6) is 0.0533. The number of hydrogen-bond donors (Lipinski definition) is 2. The van der Waals surface area contributed by atoms with Gasteiger partial charge in [-0.25, -0.2) is 0 Å². The van der Waals surface area contributed by atoms with Gasteiger partial charge in [-0.3, -0.25) is 4.79 Å². The minimum absolute atomic E-state index is 0.0533. The molecule has 0 aromatic heterocycles. The van der Waals surface area contributed by atoms with E-state index in [4.69, 9.17) is 23.2 Å². The maximum atomic E-state index is 11.7. The molecule has 0 saturated heterocycles. The highest BCUT2D eigenvalue weighted by molar-refractivity contribution is 6.42. The Balaban J connectivity index is 1.82. The quantitative estimate of drug-likeness (QED) is 0.874. The Morgan fingerprint density at radius 2 is 2.11 bits per heavy atom. The van der Waals surface area contributed by atoms with Crippen LogP contribution in [0.2, 0.25) is 10.0 Å². The van der Waals surface area contributed by atoms with Gasteiger partial charge in [0.2, 0.25) is 5.91 Å². The standard InChI is InChI=1S/C13H16Cl2N2O/c1-8(13(18)17-10-3-4-10)16-7-9-2-5-11(14)12(15)6-9/h2,5-6,8,10,16H,3-4,7H2,1H3,(H,17,18). The molecule has 1 aliphatic rings. The van der Waals surface area contributed by atoms with E-state index in [-0.39, 0.29) is 11.9 Å². The Hall–Kier alpha value is -0.770. The second kappa shape index (κ2) is 5.91. The third-order valence-electron chi connectivity index (χ3n) is 2.91. The van der Waals surface area contributed by atoms with E-state index in [9.17, 15) is 4.79 Å². The highest BCUT2D eigenvalue weighted by Gasteiger charge is 2.25. The van der Waals surface area contributed by atoms with Crippen LogP contribution in [0.15, 0.2) is 18.2 Å². The van der Waals surface area contributed by atoms with Crippen LogP contribution in [0.3, 0.4) is 0 Å². The summed E-state index contributed by atoms with van der Waals surface area (Å²) in [6, 6.07) is 5.65. The Bertz CT molecular complexity index is 447. The van der Waals surface area contributed by atoms with E-state index in [2.05, 4.69) is 10.6 Å². The average Bonchev–Trinajstić information content (AvgIpc) is 3.14. The molecule has 0 heterocycles. The highest BCUT2D eigenvalue weighted by Crippen LogP contribution is 2.22. The molecule has 0 aliphatic heterocycles. The maximum absolute atomic E-state index is 11.7. The molecule has 1 aromatic rings. The van der Waals surface area contributed by atoms with Crippen molar-refractivity contribution in [3.05, 3.63) is 33.8 Å². The molecule has 1 unspecified atom stereocenters. The average molecular weight is 287 g/mol. The largest absolute Gasteiger partial charge is 0.352 e. The van der Waals surface area contributed by atoms with Crippen LogP contribution in [0.25, 0.3) is 0 Å². The summed E-state index contributed by atoms with van der Waals surface area (Å²) in [4.78, 5) is 11.7. The van der Waals surface area contributed by atoms with Gasteiger partial charge in [-0.1, -0.05) is 29.3 Å². The monoisotopic (exact) mass is 286 g/mol. The smallest absolute Gasteiger partial charge is 0.237 e. The SMILES string of the molecule is CC(NCc1ccc(Cl)c(Cl)c1)C(=O)NC1CC1. The van der Waals surface area contributed by atoms with Crippen LogP contribution >= 0.6 is 23.2 Å². The third kappa shape index (κ3) is 3.87. The first-order valence-electron chi connectivity index (χ1n) is 6.04. The van der Waals surface area contributed by atoms with Crippen molar-refractivity contribution < 1.29 is 4.79 Å². The van der Waals surface area contributed by atoms with Crippen LogP contribution in [-0.4, -0.2) is 18.0 Å². The van der Waals surface area contributed by atoms with Crippen LogP contribution in [-0.2, 0) is 11.3 Å². The predicted molar refractivity (Wildman–Crippen MR) is 73.9 cm³/mol. The van der Waals surface area contributed by atoms with Crippen molar-refractivity contribution in [1.29, 1.82) is 0 Å². The number of benzene rings is 1. The molecule has 3 nitrogen and oxygen atoms in total. The van der Waals surface area contributed by atoms with E-state index >= 15 is 0 Å². The van der Waals surface area contributed by atoms with E-state index in [1.807, 2.05) is 19.1 Å². The van der Waals surface area contributed by atoms with Gasteiger partial charge < -0.3 is 10.6 Å². The summed E-state index contributed by atoms with van der Waals surface area (Å²) in [6.45, 7) is 2.45. The Morgan fingerprint density at radius 1 is 1.39 bits per heavy atom. The van der Waals surface area contributed by atoms with Crippen molar-refractivity contribution in [2.24, 2.45) is 0 Å². The molecular weight excluding hydrogens is 271 g/mol. The van der Waals surface area contributed by atoms with Gasteiger partial charge in [0, 0.05) is 12.6 Å². The van der Waals surface area contributed by atoms with E-state index in [0.29, 0.717) is 22.6 Å². The van der Waals surface area contributed by atoms with Gasteiger partial charge in [0.25, 0.3) is 0 Å². The maximum Gasteiger partial charge on any atom is 0.237 e. The molecule has 1 saturated carbocycles. The molecule has 1 amide bonds. The lowest BCUT2D eigenvalue weighted by Gasteiger charge is -2.14. The number of hydrogen-bond acceptors (Lipinski definition) is 2. The van der Waals surface area contributed by atoms with Crippen LogP contribution < -0.4 is 10.6 Å². The van der Waals surface area contributed by atoms with Crippen LogP contribution in [0.1, 0.15) is 25.3 Å². The Kier molecular flexibility index (Phi) is 4.49. The predicted octanol–water partition coefficient (Wildman–Crippen LogP) is 2.75. The number of halogens is 2. The van der Waals surface area contributed by atoms with Crippen LogP contribution in [0.5, 0.6) is 0 Å². The van der Waals surface area contributed by atoms with Gasteiger partial charge in [0.05, 0.1) is 16.1 Å². The molecule has 1 aliphatic carbocycles. The summed E-state index contributed by atoms with van der Waals surface area (Å²) in [6.07, 6.45) is 2.20. The number of carbonyl (C=O) groups is 1. The van der Waals surface area contributed by atoms with Gasteiger partial charge in [0.1, 0.15) is 0 Å². The zero-order valence-electron chi connectivity index (χ0n) is 10.2. The van der Waals surface area contributed by atoms with Crippen molar-refractivity contribution in [3.8, 4) is 0 Å². The van der Waals surface area contributed by atoms with Gasteiger partial charge in [-0.05, 0) is 37.5 Å². The summed E-state index contributed by atoms with van der Waals surface area (Å²) in [5.41, 5.74) is 1.01. The van der Waals surface area contributed by atoms with E-state index in [1.165, 1.54) is 0 Å². The van der Waals surface area contributed by atoms with Gasteiger partial charge >= 0.3 is 0 Å². The molecular formula is C13H16Cl2N2O. The lowest BCUT2D eigenvalue weighted by Crippen LogP contribution is -2.42. The van der Waals surface area contributed by atoms with Crippen molar-refractivity contribution in [3.63, 3.8) is 0 Å². The number of rotatable bonds is 5. The molecule has 0 bridgehead atoms. The second-order valence-electron chi connectivity index (χ2n) is 4.63. The number of nitrogens with one attached hydrogen (secondary N) is 2. The summed E-state index contributed by atoms with van der Waals surface area (Å²) in [7, 11) is 0. The first kappa shape index (κ1) is 13.7. The van der Waals surface area contributed by atoms with Crippen molar-refractivity contribution in [2.75, 3.05) is 0 Å². The first-order valence-corrected chi connectivity index (χ1v) is 6.79. The van der Waals surface area contributed by atoms with Gasteiger partial charge in [0.15, 0.2) is 0 Å². The van der Waals surface area contributed by atoms with E-state index in [0.717, 1.165) is 18.4 Å². The second-order valence-corrected chi connectivity index (χ2v) is 5.45. The normalized spacial score (nSPS) is 16.4. The fourth-order valence-corrected chi connectivity index (χ4v) is 1.89. The fourth-order valence-electron chi connectivity index (χ4n) is 1.57. The molecule has 0 radical (unpaired) electrons. The topological polar surface area (TPSA) is 41.1 Å². The lowest BCUT2D eigenvalue weighted by atomic mass is 10.2. The molecule has 1 aromatic carbocycles. The summed E-state index contributed by atoms with van der Waals surface area (Å²) in [5, 5.41) is 7.20. The minimum Gasteiger partial charge on any atom is -0.352 e. The van der Waals surface area contributed by atoms with E-state index < -0.39 is 0 Å². The van der Waals surface area contributed by atoms with Crippen molar-refractivity contribution >= 4 is 29.1 Å². The molecule has 1 fully saturated rings.